The number of hydrogen-bond donors (Lipinski definition) is 3. The summed E-state index contributed by atoms with van der Waals surface area (Å²) in [5.41, 5.74) is 8.69. The minimum atomic E-state index is -3.35. The maximum atomic E-state index is 12.1. The van der Waals surface area contributed by atoms with Crippen LogP contribution in [0, 0.1) is 16.7 Å². The molecule has 0 aliphatic carbocycles. The Kier molecular flexibility index (Phi) is 4.92. The summed E-state index contributed by atoms with van der Waals surface area (Å²) in [6.07, 6.45) is 0.530. The first kappa shape index (κ1) is 16.9. The molecule has 8 nitrogen and oxygen atoms in total. The van der Waals surface area contributed by atoms with Crippen molar-refractivity contribution < 1.29 is 8.42 Å². The number of nitrogens with two attached hydrogens (primary N) is 1. The van der Waals surface area contributed by atoms with Gasteiger partial charge in [-0.25, -0.2) is 13.4 Å². The zero-order valence-electron chi connectivity index (χ0n) is 12.2. The van der Waals surface area contributed by atoms with E-state index in [2.05, 4.69) is 15.5 Å². The highest BCUT2D eigenvalue weighted by atomic mass is 32.2. The van der Waals surface area contributed by atoms with E-state index < -0.39 is 15.7 Å². The van der Waals surface area contributed by atoms with Crippen LogP contribution in [0.1, 0.15) is 13.3 Å². The number of hydrogen-bond acceptors (Lipinski definition) is 8. The third-order valence-electron chi connectivity index (χ3n) is 2.77. The fraction of sp³-hybridized carbons (Fsp3) is 0.231. The summed E-state index contributed by atoms with van der Waals surface area (Å²) in [7, 11) is -3.35. The minimum Gasteiger partial charge on any atom is -0.382 e. The molecule has 0 aliphatic rings. The fourth-order valence-corrected chi connectivity index (χ4v) is 4.44. The van der Waals surface area contributed by atoms with Crippen molar-refractivity contribution in [1.29, 1.82) is 10.7 Å². The average molecular weight is 350 g/mol. The van der Waals surface area contributed by atoms with Gasteiger partial charge in [0.15, 0.2) is 5.84 Å². The smallest absolute Gasteiger partial charge is 0.210 e. The van der Waals surface area contributed by atoms with Gasteiger partial charge in [0, 0.05) is 0 Å². The van der Waals surface area contributed by atoms with Gasteiger partial charge in [0.2, 0.25) is 19.9 Å². The third-order valence-corrected chi connectivity index (χ3v) is 6.16. The molecule has 0 saturated heterocycles. The molecule has 1 aromatic carbocycles. The van der Waals surface area contributed by atoms with E-state index in [1.165, 1.54) is 0 Å². The van der Waals surface area contributed by atoms with Crippen molar-refractivity contribution in [2.75, 3.05) is 11.2 Å². The van der Waals surface area contributed by atoms with E-state index in [1.807, 2.05) is 0 Å². The molecular weight excluding hydrogens is 336 g/mol. The second-order valence-electron chi connectivity index (χ2n) is 4.58. The number of thiazole rings is 1. The maximum Gasteiger partial charge on any atom is 0.210 e. The van der Waals surface area contributed by atoms with Gasteiger partial charge in [-0.3, -0.25) is 10.8 Å². The van der Waals surface area contributed by atoms with Crippen molar-refractivity contribution in [3.63, 3.8) is 0 Å². The summed E-state index contributed by atoms with van der Waals surface area (Å²) >= 11 is 1.09. The zero-order valence-corrected chi connectivity index (χ0v) is 13.8. The van der Waals surface area contributed by atoms with Crippen molar-refractivity contribution in [2.45, 2.75) is 17.7 Å². The molecule has 0 atom stereocenters. The van der Waals surface area contributed by atoms with Gasteiger partial charge in [-0.1, -0.05) is 6.92 Å². The molecule has 4 N–H and O–H groups in total. The Hall–Kier alpha value is -2.51. The van der Waals surface area contributed by atoms with Crippen LogP contribution in [0.15, 0.2) is 27.6 Å². The Bertz CT molecular complexity index is 924. The first-order valence-electron chi connectivity index (χ1n) is 6.59. The molecule has 0 radical (unpaired) electrons. The third kappa shape index (κ3) is 3.82. The standard InChI is InChI=1S/C13H14N6O2S2/c1-2-5-23(20,21)13-17-9-4-3-8(6-11(9)22-13)18-19-10(7-14)12(15)16/h3-4,6,18H,2,5H2,1H3,(H3,15,16)/b19-10+. The number of hydrazone groups is 1. The SMILES string of the molecule is CCCS(=O)(=O)c1nc2ccc(N/N=C(\C#N)C(=N)N)cc2s1. The van der Waals surface area contributed by atoms with Gasteiger partial charge < -0.3 is 5.73 Å². The number of nitrogens with one attached hydrogen (secondary N) is 2. The Morgan fingerprint density at radius 2 is 2.30 bits per heavy atom. The lowest BCUT2D eigenvalue weighted by Gasteiger charge is -2.00. The Morgan fingerprint density at radius 1 is 1.57 bits per heavy atom. The first-order chi connectivity index (χ1) is 10.9. The summed E-state index contributed by atoms with van der Waals surface area (Å²) in [6, 6.07) is 6.68. The quantitative estimate of drug-likeness (QED) is 0.411. The first-order valence-corrected chi connectivity index (χ1v) is 9.05. The molecule has 0 saturated carbocycles. The van der Waals surface area contributed by atoms with Crippen molar-refractivity contribution in [1.82, 2.24) is 4.98 Å². The molecule has 23 heavy (non-hydrogen) atoms. The second-order valence-corrected chi connectivity index (χ2v) is 7.89. The molecule has 0 aliphatic heterocycles. The number of nitriles is 1. The minimum absolute atomic E-state index is 0.0619. The van der Waals surface area contributed by atoms with Crippen LogP contribution in [0.2, 0.25) is 0 Å². The molecule has 0 bridgehead atoms. The highest BCUT2D eigenvalue weighted by Gasteiger charge is 2.18. The maximum absolute atomic E-state index is 12.1. The lowest BCUT2D eigenvalue weighted by molar-refractivity contribution is 0.594. The lowest BCUT2D eigenvalue weighted by Crippen LogP contribution is -2.21. The Labute approximate surface area is 137 Å². The number of benzene rings is 1. The van der Waals surface area contributed by atoms with Crippen molar-refractivity contribution >= 4 is 48.6 Å². The molecule has 0 amide bonds. The van der Waals surface area contributed by atoms with Gasteiger partial charge in [0.25, 0.3) is 0 Å². The van der Waals surface area contributed by atoms with Gasteiger partial charge in [0.05, 0.1) is 21.7 Å². The van der Waals surface area contributed by atoms with Crippen LogP contribution < -0.4 is 11.2 Å². The van der Waals surface area contributed by atoms with Crippen LogP contribution in [0.3, 0.4) is 0 Å². The highest BCUT2D eigenvalue weighted by molar-refractivity contribution is 7.93. The largest absolute Gasteiger partial charge is 0.382 e. The monoisotopic (exact) mass is 350 g/mol. The predicted octanol–water partition coefficient (Wildman–Crippen LogP) is 1.71. The van der Waals surface area contributed by atoms with E-state index in [0.717, 1.165) is 11.3 Å². The van der Waals surface area contributed by atoms with Crippen LogP contribution in [0.25, 0.3) is 10.2 Å². The number of rotatable bonds is 6. The number of aromatic nitrogens is 1. The number of amidine groups is 1. The Balaban J connectivity index is 2.33. The normalized spacial score (nSPS) is 12.1. The molecule has 1 aromatic heterocycles. The summed E-state index contributed by atoms with van der Waals surface area (Å²) in [5, 5.41) is 19.7. The molecular formula is C13H14N6O2S2. The predicted molar refractivity (Wildman–Crippen MR) is 90.5 cm³/mol. The van der Waals surface area contributed by atoms with Crippen LogP contribution >= 0.6 is 11.3 Å². The summed E-state index contributed by atoms with van der Waals surface area (Å²) in [6.45, 7) is 1.80. The average Bonchev–Trinajstić information content (AvgIpc) is 2.91. The van der Waals surface area contributed by atoms with E-state index in [0.29, 0.717) is 22.3 Å². The van der Waals surface area contributed by atoms with Crippen LogP contribution in [0.5, 0.6) is 0 Å². The highest BCUT2D eigenvalue weighted by Crippen LogP contribution is 2.28. The van der Waals surface area contributed by atoms with Gasteiger partial charge >= 0.3 is 0 Å². The van der Waals surface area contributed by atoms with E-state index in [9.17, 15) is 8.42 Å². The number of sulfone groups is 1. The number of nitrogens with zero attached hydrogens (tertiary/aromatic N) is 3. The molecule has 1 heterocycles. The van der Waals surface area contributed by atoms with Gasteiger partial charge in [-0.2, -0.15) is 10.4 Å². The molecule has 2 rings (SSSR count). The molecule has 0 spiro atoms. The topological polar surface area (TPSA) is 145 Å². The van der Waals surface area contributed by atoms with E-state index in [-0.39, 0.29) is 15.8 Å². The molecule has 120 valence electrons. The fourth-order valence-electron chi connectivity index (χ4n) is 1.73. The van der Waals surface area contributed by atoms with Gasteiger partial charge in [0.1, 0.15) is 6.07 Å². The van der Waals surface area contributed by atoms with E-state index in [1.54, 1.807) is 31.2 Å². The van der Waals surface area contributed by atoms with Crippen molar-refractivity contribution in [3.05, 3.63) is 18.2 Å². The lowest BCUT2D eigenvalue weighted by atomic mass is 10.3. The van der Waals surface area contributed by atoms with Gasteiger partial charge in [-0.15, -0.1) is 11.3 Å². The molecule has 0 unspecified atom stereocenters. The Morgan fingerprint density at radius 3 is 2.91 bits per heavy atom. The van der Waals surface area contributed by atoms with Crippen molar-refractivity contribution in [3.8, 4) is 6.07 Å². The van der Waals surface area contributed by atoms with Gasteiger partial charge in [-0.05, 0) is 24.6 Å². The number of fused-ring (bicyclic) bond motifs is 1. The molecule has 0 fully saturated rings. The summed E-state index contributed by atoms with van der Waals surface area (Å²) in [4.78, 5) is 4.14. The molecule has 2 aromatic rings. The summed E-state index contributed by atoms with van der Waals surface area (Å²) < 4.78 is 24.9. The molecule has 10 heteroatoms. The zero-order chi connectivity index (χ0) is 17.0. The van der Waals surface area contributed by atoms with Crippen LogP contribution in [-0.2, 0) is 9.84 Å². The van der Waals surface area contributed by atoms with Crippen LogP contribution in [-0.4, -0.2) is 30.7 Å². The van der Waals surface area contributed by atoms with E-state index >= 15 is 0 Å². The number of anilines is 1. The van der Waals surface area contributed by atoms with E-state index in [4.69, 9.17) is 16.4 Å². The van der Waals surface area contributed by atoms with Crippen LogP contribution in [0.4, 0.5) is 5.69 Å². The summed E-state index contributed by atoms with van der Waals surface area (Å²) in [5.74, 6) is -0.376. The second kappa shape index (κ2) is 6.72. The van der Waals surface area contributed by atoms with Crippen molar-refractivity contribution in [2.24, 2.45) is 10.8 Å².